The number of esters is 1. The zero-order valence-corrected chi connectivity index (χ0v) is 14.9. The number of hydrogen-bond acceptors (Lipinski definition) is 7. The van der Waals surface area contributed by atoms with Gasteiger partial charge < -0.3 is 14.8 Å². The first-order valence-electron chi connectivity index (χ1n) is 8.02. The number of carbonyl (C=O) groups is 2. The van der Waals surface area contributed by atoms with E-state index in [1.807, 2.05) is 0 Å². The minimum Gasteiger partial charge on any atom is -0.481 e. The molecule has 0 unspecified atom stereocenters. The van der Waals surface area contributed by atoms with Crippen LogP contribution in [-0.4, -0.2) is 42.0 Å². The SMILES string of the molecule is COC(=O)[C@@H](Cc1ccc(OC)nc1)NC(=O)Cc1cccc([N+](=O)[O-])c1. The second-order valence-corrected chi connectivity index (χ2v) is 5.66. The number of nitro groups is 1. The first kappa shape index (κ1) is 19.8. The number of nitrogens with zero attached hydrogens (tertiary/aromatic N) is 2. The number of amides is 1. The molecule has 27 heavy (non-hydrogen) atoms. The van der Waals surface area contributed by atoms with E-state index in [4.69, 9.17) is 9.47 Å². The Morgan fingerprint density at radius 1 is 1.22 bits per heavy atom. The smallest absolute Gasteiger partial charge is 0.328 e. The number of carbonyl (C=O) groups excluding carboxylic acids is 2. The number of rotatable bonds is 8. The van der Waals surface area contributed by atoms with Crippen LogP contribution in [0.4, 0.5) is 5.69 Å². The summed E-state index contributed by atoms with van der Waals surface area (Å²) in [7, 11) is 2.72. The standard InChI is InChI=1S/C18H19N3O6/c1-26-17-7-6-13(11-19-17)9-15(18(23)27-2)20-16(22)10-12-4-3-5-14(8-12)21(24)25/h3-8,11,15H,9-10H2,1-2H3,(H,20,22)/t15-/m1/s1. The molecule has 2 aromatic rings. The van der Waals surface area contributed by atoms with Crippen LogP contribution in [-0.2, 0) is 27.2 Å². The number of non-ortho nitro benzene ring substituents is 1. The zero-order chi connectivity index (χ0) is 19.8. The van der Waals surface area contributed by atoms with Gasteiger partial charge in [-0.2, -0.15) is 0 Å². The second kappa shape index (κ2) is 9.27. The maximum Gasteiger partial charge on any atom is 0.328 e. The highest BCUT2D eigenvalue weighted by Crippen LogP contribution is 2.14. The summed E-state index contributed by atoms with van der Waals surface area (Å²) in [5.41, 5.74) is 1.08. The van der Waals surface area contributed by atoms with Crippen molar-refractivity contribution in [3.05, 3.63) is 63.8 Å². The fourth-order valence-electron chi connectivity index (χ4n) is 2.43. The molecule has 0 saturated carbocycles. The number of aromatic nitrogens is 1. The number of hydrogen-bond donors (Lipinski definition) is 1. The summed E-state index contributed by atoms with van der Waals surface area (Å²) < 4.78 is 9.72. The van der Waals surface area contributed by atoms with Crippen LogP contribution in [0.15, 0.2) is 42.6 Å². The van der Waals surface area contributed by atoms with Gasteiger partial charge in [-0.25, -0.2) is 9.78 Å². The summed E-state index contributed by atoms with van der Waals surface area (Å²) in [6.45, 7) is 0. The highest BCUT2D eigenvalue weighted by molar-refractivity contribution is 5.85. The van der Waals surface area contributed by atoms with Gasteiger partial charge in [0, 0.05) is 30.8 Å². The molecule has 1 aromatic heterocycles. The summed E-state index contributed by atoms with van der Waals surface area (Å²) in [6.07, 6.45) is 1.63. The van der Waals surface area contributed by atoms with Crippen LogP contribution in [0.1, 0.15) is 11.1 Å². The second-order valence-electron chi connectivity index (χ2n) is 5.66. The quantitative estimate of drug-likeness (QED) is 0.422. The molecular formula is C18H19N3O6. The van der Waals surface area contributed by atoms with Crippen molar-refractivity contribution in [2.45, 2.75) is 18.9 Å². The van der Waals surface area contributed by atoms with Crippen molar-refractivity contribution in [2.24, 2.45) is 0 Å². The van der Waals surface area contributed by atoms with Crippen LogP contribution in [0.3, 0.4) is 0 Å². The average Bonchev–Trinajstić information content (AvgIpc) is 2.67. The van der Waals surface area contributed by atoms with E-state index in [1.165, 1.54) is 32.4 Å². The highest BCUT2D eigenvalue weighted by Gasteiger charge is 2.22. The zero-order valence-electron chi connectivity index (χ0n) is 14.9. The Morgan fingerprint density at radius 2 is 2.00 bits per heavy atom. The van der Waals surface area contributed by atoms with Gasteiger partial charge in [0.2, 0.25) is 11.8 Å². The molecule has 142 valence electrons. The lowest BCUT2D eigenvalue weighted by atomic mass is 10.1. The van der Waals surface area contributed by atoms with Gasteiger partial charge in [0.15, 0.2) is 0 Å². The molecule has 1 heterocycles. The largest absolute Gasteiger partial charge is 0.481 e. The van der Waals surface area contributed by atoms with E-state index in [-0.39, 0.29) is 18.5 Å². The molecule has 0 spiro atoms. The lowest BCUT2D eigenvalue weighted by Gasteiger charge is -2.16. The van der Waals surface area contributed by atoms with Crippen LogP contribution in [0.25, 0.3) is 0 Å². The predicted molar refractivity (Wildman–Crippen MR) is 95.2 cm³/mol. The summed E-state index contributed by atoms with van der Waals surface area (Å²) in [5.74, 6) is -0.617. The lowest BCUT2D eigenvalue weighted by molar-refractivity contribution is -0.384. The number of nitro benzene ring substituents is 1. The third-order valence-electron chi connectivity index (χ3n) is 3.75. The molecule has 2 rings (SSSR count). The van der Waals surface area contributed by atoms with Gasteiger partial charge >= 0.3 is 5.97 Å². The maximum atomic E-state index is 12.3. The van der Waals surface area contributed by atoms with E-state index >= 15 is 0 Å². The third kappa shape index (κ3) is 5.77. The molecule has 0 radical (unpaired) electrons. The van der Waals surface area contributed by atoms with Gasteiger partial charge in [-0.05, 0) is 11.1 Å². The van der Waals surface area contributed by atoms with Gasteiger partial charge in [0.1, 0.15) is 6.04 Å². The van der Waals surface area contributed by atoms with Gasteiger partial charge in [-0.1, -0.05) is 18.2 Å². The minimum absolute atomic E-state index is 0.101. The van der Waals surface area contributed by atoms with Gasteiger partial charge in [0.25, 0.3) is 5.69 Å². The van der Waals surface area contributed by atoms with E-state index in [1.54, 1.807) is 24.4 Å². The van der Waals surface area contributed by atoms with Crippen LogP contribution in [0.5, 0.6) is 5.88 Å². The van der Waals surface area contributed by atoms with Crippen molar-refractivity contribution in [3.63, 3.8) is 0 Å². The maximum absolute atomic E-state index is 12.3. The Kier molecular flexibility index (Phi) is 6.81. The minimum atomic E-state index is -0.906. The molecule has 0 bridgehead atoms. The molecule has 9 heteroatoms. The Hall–Kier alpha value is -3.49. The normalized spacial score (nSPS) is 11.3. The molecule has 0 fully saturated rings. The molecule has 1 atom stereocenters. The molecule has 0 saturated heterocycles. The number of nitrogens with one attached hydrogen (secondary N) is 1. The Balaban J connectivity index is 2.06. The van der Waals surface area contributed by atoms with E-state index in [9.17, 15) is 19.7 Å². The first-order valence-corrected chi connectivity index (χ1v) is 8.02. The van der Waals surface area contributed by atoms with Crippen LogP contribution >= 0.6 is 0 Å². The summed E-state index contributed by atoms with van der Waals surface area (Å²) in [4.78, 5) is 38.6. The Bertz CT molecular complexity index is 822. The molecule has 1 N–H and O–H groups in total. The molecule has 0 aliphatic carbocycles. The van der Waals surface area contributed by atoms with E-state index < -0.39 is 22.8 Å². The number of methoxy groups -OCH3 is 2. The van der Waals surface area contributed by atoms with Gasteiger partial charge in [-0.3, -0.25) is 14.9 Å². The number of benzene rings is 1. The first-order chi connectivity index (χ1) is 12.9. The molecular weight excluding hydrogens is 354 g/mol. The van der Waals surface area contributed by atoms with Crippen molar-refractivity contribution < 1.29 is 24.0 Å². The number of ether oxygens (including phenoxy) is 2. The fourth-order valence-corrected chi connectivity index (χ4v) is 2.43. The van der Waals surface area contributed by atoms with E-state index in [0.717, 1.165) is 0 Å². The summed E-state index contributed by atoms with van der Waals surface area (Å²) in [5, 5.41) is 13.4. The molecule has 9 nitrogen and oxygen atoms in total. The van der Waals surface area contributed by atoms with Crippen molar-refractivity contribution in [3.8, 4) is 5.88 Å². The molecule has 0 aliphatic rings. The number of pyridine rings is 1. The lowest BCUT2D eigenvalue weighted by Crippen LogP contribution is -2.43. The van der Waals surface area contributed by atoms with Crippen LogP contribution in [0, 0.1) is 10.1 Å². The topological polar surface area (TPSA) is 121 Å². The van der Waals surface area contributed by atoms with E-state index in [0.29, 0.717) is 17.0 Å². The van der Waals surface area contributed by atoms with E-state index in [2.05, 4.69) is 10.3 Å². The predicted octanol–water partition coefficient (Wildman–Crippen LogP) is 1.44. The average molecular weight is 373 g/mol. The van der Waals surface area contributed by atoms with Crippen molar-refractivity contribution in [1.29, 1.82) is 0 Å². The van der Waals surface area contributed by atoms with Gasteiger partial charge in [-0.15, -0.1) is 0 Å². The fraction of sp³-hybridized carbons (Fsp3) is 0.278. The summed E-state index contributed by atoms with van der Waals surface area (Å²) in [6, 6.07) is 8.24. The molecule has 1 amide bonds. The molecule has 1 aromatic carbocycles. The highest BCUT2D eigenvalue weighted by atomic mass is 16.6. The van der Waals surface area contributed by atoms with Gasteiger partial charge in [0.05, 0.1) is 25.6 Å². The molecule has 0 aliphatic heterocycles. The van der Waals surface area contributed by atoms with Crippen molar-refractivity contribution in [1.82, 2.24) is 10.3 Å². The van der Waals surface area contributed by atoms with Crippen molar-refractivity contribution >= 4 is 17.6 Å². The van der Waals surface area contributed by atoms with Crippen LogP contribution in [0.2, 0.25) is 0 Å². The summed E-state index contributed by atoms with van der Waals surface area (Å²) >= 11 is 0. The Labute approximate surface area is 155 Å². The monoisotopic (exact) mass is 373 g/mol. The van der Waals surface area contributed by atoms with Crippen molar-refractivity contribution in [2.75, 3.05) is 14.2 Å². The Morgan fingerprint density at radius 3 is 2.59 bits per heavy atom. The third-order valence-corrected chi connectivity index (χ3v) is 3.75. The van der Waals surface area contributed by atoms with Crippen LogP contribution < -0.4 is 10.1 Å².